The second-order valence-corrected chi connectivity index (χ2v) is 6.61. The highest BCUT2D eigenvalue weighted by Crippen LogP contribution is 2.40. The van der Waals surface area contributed by atoms with Gasteiger partial charge >= 0.3 is 6.18 Å². The normalized spacial score (nSPS) is 26.3. The van der Waals surface area contributed by atoms with Crippen LogP contribution < -0.4 is 0 Å². The minimum Gasteiger partial charge on any atom is -0.345 e. The molecule has 2 aliphatic carbocycles. The summed E-state index contributed by atoms with van der Waals surface area (Å²) in [6.07, 6.45) is 2.42. The van der Waals surface area contributed by atoms with Crippen LogP contribution in [0.15, 0.2) is 0 Å². The molecule has 0 bridgehead atoms. The summed E-state index contributed by atoms with van der Waals surface area (Å²) < 4.78 is 38.5. The summed E-state index contributed by atoms with van der Waals surface area (Å²) in [5, 5.41) is 0. The molecule has 3 rings (SSSR count). The highest BCUT2D eigenvalue weighted by molar-refractivity contribution is 5.23. The van der Waals surface area contributed by atoms with Crippen molar-refractivity contribution < 1.29 is 13.2 Å². The van der Waals surface area contributed by atoms with Crippen LogP contribution in [0.2, 0.25) is 0 Å². The van der Waals surface area contributed by atoms with E-state index in [2.05, 4.69) is 16.9 Å². The summed E-state index contributed by atoms with van der Waals surface area (Å²) in [4.78, 5) is 7.87. The van der Waals surface area contributed by atoms with Crippen LogP contribution in [0, 0.1) is 5.92 Å². The lowest BCUT2D eigenvalue weighted by atomic mass is 9.75. The Balaban J connectivity index is 1.83. The minimum absolute atomic E-state index is 0.0311. The number of alkyl halides is 3. The lowest BCUT2D eigenvalue weighted by molar-refractivity contribution is -0.177. The zero-order valence-electron chi connectivity index (χ0n) is 11.8. The average Bonchev–Trinajstić information content (AvgIpc) is 2.82. The molecule has 1 aromatic rings. The van der Waals surface area contributed by atoms with Crippen LogP contribution in [0.3, 0.4) is 0 Å². The Morgan fingerprint density at radius 2 is 1.90 bits per heavy atom. The molecule has 0 radical (unpaired) electrons. The summed E-state index contributed by atoms with van der Waals surface area (Å²) in [6.45, 7) is 2.19. The van der Waals surface area contributed by atoms with Crippen molar-refractivity contribution in [3.05, 3.63) is 17.2 Å². The van der Waals surface area contributed by atoms with Crippen molar-refractivity contribution in [2.24, 2.45) is 5.92 Å². The number of hydrogen-bond acceptors (Lipinski definition) is 1. The van der Waals surface area contributed by atoms with Crippen molar-refractivity contribution in [1.29, 1.82) is 0 Å². The molecule has 1 N–H and O–H groups in total. The molecule has 0 amide bonds. The third-order valence-electron chi connectivity index (χ3n) is 5.04. The third kappa shape index (κ3) is 2.47. The molecule has 2 nitrogen and oxygen atoms in total. The van der Waals surface area contributed by atoms with E-state index in [-0.39, 0.29) is 18.3 Å². The second kappa shape index (κ2) is 4.78. The molecule has 1 atom stereocenters. The van der Waals surface area contributed by atoms with Gasteiger partial charge < -0.3 is 4.98 Å². The van der Waals surface area contributed by atoms with E-state index in [1.165, 1.54) is 19.3 Å². The maximum atomic E-state index is 12.8. The number of H-pyrrole nitrogens is 1. The molecule has 1 fully saturated rings. The highest BCUT2D eigenvalue weighted by atomic mass is 19.4. The lowest BCUT2D eigenvalue weighted by Crippen LogP contribution is -2.28. The van der Waals surface area contributed by atoms with E-state index in [0.29, 0.717) is 6.42 Å². The van der Waals surface area contributed by atoms with Gasteiger partial charge in [-0.25, -0.2) is 4.98 Å². The number of aryl methyl sites for hydroxylation is 1. The van der Waals surface area contributed by atoms with E-state index in [1.807, 2.05) is 0 Å². The summed E-state index contributed by atoms with van der Waals surface area (Å²) in [5.74, 6) is -0.285. The largest absolute Gasteiger partial charge is 0.392 e. The fourth-order valence-corrected chi connectivity index (χ4v) is 3.61. The van der Waals surface area contributed by atoms with E-state index in [0.717, 1.165) is 30.1 Å². The molecular formula is C15H21F3N2. The molecule has 1 saturated carbocycles. The first-order chi connectivity index (χ1) is 9.38. The quantitative estimate of drug-likeness (QED) is 0.819. The number of nitrogens with zero attached hydrogens (tertiary/aromatic N) is 1. The van der Waals surface area contributed by atoms with Crippen LogP contribution in [-0.4, -0.2) is 16.1 Å². The molecule has 0 spiro atoms. The van der Waals surface area contributed by atoms with E-state index >= 15 is 0 Å². The Labute approximate surface area is 117 Å². The first kappa shape index (κ1) is 14.0. The molecular weight excluding hydrogens is 265 g/mol. The lowest BCUT2D eigenvalue weighted by Gasteiger charge is -2.31. The van der Waals surface area contributed by atoms with E-state index in [9.17, 15) is 13.2 Å². The van der Waals surface area contributed by atoms with Crippen LogP contribution in [-0.2, 0) is 18.3 Å². The number of rotatable bonds is 1. The summed E-state index contributed by atoms with van der Waals surface area (Å²) in [5.41, 5.74) is 1.62. The molecule has 1 aromatic heterocycles. The van der Waals surface area contributed by atoms with Crippen LogP contribution in [0.5, 0.6) is 0 Å². The van der Waals surface area contributed by atoms with Gasteiger partial charge in [-0.05, 0) is 25.7 Å². The Kier molecular flexibility index (Phi) is 3.33. The summed E-state index contributed by atoms with van der Waals surface area (Å²) in [6, 6.07) is 0. The minimum atomic E-state index is -4.09. The second-order valence-electron chi connectivity index (χ2n) is 6.61. The number of aromatic nitrogens is 2. The molecule has 0 aliphatic heterocycles. The van der Waals surface area contributed by atoms with Gasteiger partial charge in [-0.3, -0.25) is 0 Å². The zero-order valence-corrected chi connectivity index (χ0v) is 11.8. The van der Waals surface area contributed by atoms with E-state index in [1.54, 1.807) is 0 Å². The van der Waals surface area contributed by atoms with Gasteiger partial charge in [-0.1, -0.05) is 26.2 Å². The van der Waals surface area contributed by atoms with Crippen molar-refractivity contribution in [2.45, 2.75) is 69.9 Å². The molecule has 2 aliphatic rings. The summed E-state index contributed by atoms with van der Waals surface area (Å²) in [7, 11) is 0. The van der Waals surface area contributed by atoms with E-state index < -0.39 is 12.1 Å². The standard InChI is InChI=1S/C15H21F3N2/c1-14(7-3-2-4-8-14)13-19-11-6-5-10(15(16,17)18)9-12(11)20-13/h10H,2-9H2,1H3,(H,19,20). The number of aromatic amines is 1. The number of nitrogens with one attached hydrogen (secondary N) is 1. The first-order valence-electron chi connectivity index (χ1n) is 7.53. The van der Waals surface area contributed by atoms with Crippen LogP contribution in [0.4, 0.5) is 13.2 Å². The van der Waals surface area contributed by atoms with Crippen LogP contribution >= 0.6 is 0 Å². The monoisotopic (exact) mass is 286 g/mol. The van der Waals surface area contributed by atoms with E-state index in [4.69, 9.17) is 0 Å². The zero-order chi connectivity index (χ0) is 14.4. The Morgan fingerprint density at radius 3 is 2.55 bits per heavy atom. The van der Waals surface area contributed by atoms with Gasteiger partial charge in [0.15, 0.2) is 0 Å². The van der Waals surface area contributed by atoms with Gasteiger partial charge in [-0.2, -0.15) is 13.2 Å². The van der Waals surface area contributed by atoms with Crippen molar-refractivity contribution in [1.82, 2.24) is 9.97 Å². The van der Waals surface area contributed by atoms with Gasteiger partial charge in [0.05, 0.1) is 11.6 Å². The summed E-state index contributed by atoms with van der Waals surface area (Å²) >= 11 is 0. The highest BCUT2D eigenvalue weighted by Gasteiger charge is 2.42. The van der Waals surface area contributed by atoms with Crippen molar-refractivity contribution in [2.75, 3.05) is 0 Å². The number of imidazole rings is 1. The van der Waals surface area contributed by atoms with Crippen molar-refractivity contribution in [3.8, 4) is 0 Å². The Bertz CT molecular complexity index is 484. The predicted molar refractivity (Wildman–Crippen MR) is 70.6 cm³/mol. The predicted octanol–water partition coefficient (Wildman–Crippen LogP) is 4.30. The van der Waals surface area contributed by atoms with Gasteiger partial charge in [0.2, 0.25) is 0 Å². The van der Waals surface area contributed by atoms with Gasteiger partial charge in [-0.15, -0.1) is 0 Å². The molecule has 20 heavy (non-hydrogen) atoms. The molecule has 0 aromatic carbocycles. The third-order valence-corrected chi connectivity index (χ3v) is 5.04. The maximum absolute atomic E-state index is 12.8. The van der Waals surface area contributed by atoms with Gasteiger partial charge in [0, 0.05) is 17.5 Å². The molecule has 112 valence electrons. The molecule has 0 saturated heterocycles. The van der Waals surface area contributed by atoms with Gasteiger partial charge in [0.25, 0.3) is 0 Å². The maximum Gasteiger partial charge on any atom is 0.392 e. The fourth-order valence-electron chi connectivity index (χ4n) is 3.61. The Morgan fingerprint density at radius 1 is 1.20 bits per heavy atom. The number of fused-ring (bicyclic) bond motifs is 1. The molecule has 5 heteroatoms. The molecule has 1 heterocycles. The van der Waals surface area contributed by atoms with Gasteiger partial charge in [0.1, 0.15) is 5.82 Å². The Hall–Kier alpha value is -1.00. The van der Waals surface area contributed by atoms with Crippen LogP contribution in [0.1, 0.15) is 62.7 Å². The van der Waals surface area contributed by atoms with Crippen LogP contribution in [0.25, 0.3) is 0 Å². The topological polar surface area (TPSA) is 28.7 Å². The first-order valence-corrected chi connectivity index (χ1v) is 7.53. The molecule has 1 unspecified atom stereocenters. The fraction of sp³-hybridized carbons (Fsp3) is 0.800. The van der Waals surface area contributed by atoms with Crippen molar-refractivity contribution >= 4 is 0 Å². The smallest absolute Gasteiger partial charge is 0.345 e. The number of halogens is 3. The SMILES string of the molecule is CC1(c2nc3c([nH]2)CC(C(F)(F)F)CC3)CCCCC1. The average molecular weight is 286 g/mol. The van der Waals surface area contributed by atoms with Crippen molar-refractivity contribution in [3.63, 3.8) is 0 Å². The number of hydrogen-bond donors (Lipinski definition) is 1.